The van der Waals surface area contributed by atoms with Crippen molar-refractivity contribution in [3.8, 4) is 0 Å². The minimum Gasteiger partial charge on any atom is -0.409 e. The van der Waals surface area contributed by atoms with Gasteiger partial charge in [-0.25, -0.2) is 0 Å². The number of carbonyl (C=O) groups is 1. The van der Waals surface area contributed by atoms with Crippen LogP contribution < -0.4 is 11.1 Å². The number of carbonyl (C=O) groups excluding carboxylic acids is 1. The van der Waals surface area contributed by atoms with Crippen LogP contribution in [0.25, 0.3) is 0 Å². The highest BCUT2D eigenvalue weighted by Gasteiger charge is 2.22. The van der Waals surface area contributed by atoms with E-state index in [-0.39, 0.29) is 11.7 Å². The molecule has 0 aliphatic carbocycles. The quantitative estimate of drug-likeness (QED) is 0.309. The number of hydrogen-bond acceptors (Lipinski definition) is 4. The number of benzene rings is 1. The molecule has 1 aromatic rings. The van der Waals surface area contributed by atoms with Crippen molar-refractivity contribution in [2.24, 2.45) is 10.9 Å². The first-order valence-electron chi connectivity index (χ1n) is 5.45. The first-order chi connectivity index (χ1) is 8.60. The fourth-order valence-electron chi connectivity index (χ4n) is 1.47. The first-order valence-corrected chi connectivity index (χ1v) is 5.45. The summed E-state index contributed by atoms with van der Waals surface area (Å²) in [5, 5.41) is 13.9. The van der Waals surface area contributed by atoms with Gasteiger partial charge in [0.15, 0.2) is 11.9 Å². The molecule has 2 unspecified atom stereocenters. The molecule has 6 heteroatoms. The Morgan fingerprint density at radius 3 is 2.56 bits per heavy atom. The van der Waals surface area contributed by atoms with Gasteiger partial charge in [-0.1, -0.05) is 35.5 Å². The lowest BCUT2D eigenvalue weighted by Crippen LogP contribution is -2.44. The van der Waals surface area contributed by atoms with E-state index in [1.165, 1.54) is 7.11 Å². The van der Waals surface area contributed by atoms with E-state index in [9.17, 15) is 4.79 Å². The van der Waals surface area contributed by atoms with Crippen LogP contribution in [0.1, 0.15) is 18.6 Å². The molecule has 0 heterocycles. The second kappa shape index (κ2) is 6.61. The van der Waals surface area contributed by atoms with E-state index in [4.69, 9.17) is 15.7 Å². The van der Waals surface area contributed by atoms with Gasteiger partial charge in [-0.3, -0.25) is 4.79 Å². The number of amides is 1. The highest BCUT2D eigenvalue weighted by molar-refractivity contribution is 5.91. The maximum Gasteiger partial charge on any atom is 0.254 e. The van der Waals surface area contributed by atoms with E-state index >= 15 is 0 Å². The summed E-state index contributed by atoms with van der Waals surface area (Å²) >= 11 is 0. The number of nitrogens with two attached hydrogens (primary N) is 1. The van der Waals surface area contributed by atoms with Crippen molar-refractivity contribution in [3.05, 3.63) is 35.9 Å². The first kappa shape index (κ1) is 14.0. The van der Waals surface area contributed by atoms with Crippen LogP contribution in [0.3, 0.4) is 0 Å². The molecule has 18 heavy (non-hydrogen) atoms. The Labute approximate surface area is 105 Å². The predicted molar refractivity (Wildman–Crippen MR) is 67.2 cm³/mol. The topological polar surface area (TPSA) is 96.9 Å². The summed E-state index contributed by atoms with van der Waals surface area (Å²) in [4.78, 5) is 12.0. The summed E-state index contributed by atoms with van der Waals surface area (Å²) in [6.07, 6.45) is -0.722. The Morgan fingerprint density at radius 2 is 2.06 bits per heavy atom. The molecule has 0 aliphatic rings. The Morgan fingerprint density at radius 1 is 1.44 bits per heavy atom. The van der Waals surface area contributed by atoms with Crippen LogP contribution in [-0.4, -0.2) is 30.1 Å². The maximum absolute atomic E-state index is 12.0. The molecule has 6 nitrogen and oxygen atoms in total. The molecule has 0 aromatic heterocycles. The molecule has 2 atom stereocenters. The van der Waals surface area contributed by atoms with E-state index in [2.05, 4.69) is 10.5 Å². The molecule has 0 saturated heterocycles. The van der Waals surface area contributed by atoms with Crippen molar-refractivity contribution in [1.82, 2.24) is 5.32 Å². The minimum absolute atomic E-state index is 0.0636. The summed E-state index contributed by atoms with van der Waals surface area (Å²) in [6, 6.07) is 8.52. The molecule has 1 aromatic carbocycles. The number of amidine groups is 1. The van der Waals surface area contributed by atoms with Gasteiger partial charge in [0.05, 0.1) is 6.04 Å². The lowest BCUT2D eigenvalue weighted by molar-refractivity contribution is -0.131. The molecular formula is C12H17N3O3. The summed E-state index contributed by atoms with van der Waals surface area (Å²) < 4.78 is 5.16. The van der Waals surface area contributed by atoms with Crippen LogP contribution >= 0.6 is 0 Å². The maximum atomic E-state index is 12.0. The highest BCUT2D eigenvalue weighted by atomic mass is 16.5. The van der Waals surface area contributed by atoms with Crippen molar-refractivity contribution in [2.75, 3.05) is 7.11 Å². The zero-order chi connectivity index (χ0) is 13.5. The van der Waals surface area contributed by atoms with Crippen molar-refractivity contribution in [2.45, 2.75) is 19.1 Å². The standard InChI is InChI=1S/C12H17N3O3/c1-8(11(13)15-17)14-12(16)10(18-2)9-6-4-3-5-7-9/h3-8,10,17H,1-2H3,(H2,13,15)(H,14,16). The summed E-state index contributed by atoms with van der Waals surface area (Å²) in [5.41, 5.74) is 6.13. The van der Waals surface area contributed by atoms with Crippen LogP contribution in [0.4, 0.5) is 0 Å². The highest BCUT2D eigenvalue weighted by Crippen LogP contribution is 2.16. The van der Waals surface area contributed by atoms with E-state index in [0.29, 0.717) is 0 Å². The van der Waals surface area contributed by atoms with Gasteiger partial charge < -0.3 is 21.0 Å². The van der Waals surface area contributed by atoms with E-state index < -0.39 is 12.1 Å². The fraction of sp³-hybridized carbons (Fsp3) is 0.333. The van der Waals surface area contributed by atoms with Crippen LogP contribution in [0.5, 0.6) is 0 Å². The summed E-state index contributed by atoms with van der Waals surface area (Å²) in [7, 11) is 1.45. The third kappa shape index (κ3) is 3.46. The van der Waals surface area contributed by atoms with Crippen molar-refractivity contribution >= 4 is 11.7 Å². The lowest BCUT2D eigenvalue weighted by atomic mass is 10.1. The second-order valence-electron chi connectivity index (χ2n) is 3.78. The fourth-order valence-corrected chi connectivity index (χ4v) is 1.47. The van der Waals surface area contributed by atoms with Crippen molar-refractivity contribution in [3.63, 3.8) is 0 Å². The summed E-state index contributed by atoms with van der Waals surface area (Å²) in [6.45, 7) is 1.62. The van der Waals surface area contributed by atoms with Crippen LogP contribution in [0, 0.1) is 0 Å². The molecule has 0 saturated carbocycles. The van der Waals surface area contributed by atoms with Gasteiger partial charge in [0.1, 0.15) is 0 Å². The van der Waals surface area contributed by atoms with Gasteiger partial charge in [-0.2, -0.15) is 0 Å². The third-order valence-corrected chi connectivity index (χ3v) is 2.49. The number of methoxy groups -OCH3 is 1. The molecule has 0 spiro atoms. The average Bonchev–Trinajstić information content (AvgIpc) is 2.39. The Bertz CT molecular complexity index is 420. The molecule has 0 fully saturated rings. The van der Waals surface area contributed by atoms with Crippen LogP contribution in [0.2, 0.25) is 0 Å². The largest absolute Gasteiger partial charge is 0.409 e. The number of oxime groups is 1. The predicted octanol–water partition coefficient (Wildman–Crippen LogP) is 0.625. The van der Waals surface area contributed by atoms with E-state index in [1.54, 1.807) is 19.1 Å². The SMILES string of the molecule is COC(C(=O)NC(C)C(N)=NO)c1ccccc1. The number of rotatable bonds is 5. The van der Waals surface area contributed by atoms with Gasteiger partial charge in [-0.15, -0.1) is 0 Å². The number of ether oxygens (including phenoxy) is 1. The monoisotopic (exact) mass is 251 g/mol. The molecular weight excluding hydrogens is 234 g/mol. The van der Waals surface area contributed by atoms with Gasteiger partial charge in [0.25, 0.3) is 5.91 Å². The molecule has 98 valence electrons. The van der Waals surface area contributed by atoms with E-state index in [1.807, 2.05) is 18.2 Å². The third-order valence-electron chi connectivity index (χ3n) is 2.49. The van der Waals surface area contributed by atoms with Crippen molar-refractivity contribution in [1.29, 1.82) is 0 Å². The molecule has 1 rings (SSSR count). The Kier molecular flexibility index (Phi) is 5.13. The normalized spacial score (nSPS) is 14.9. The molecule has 0 aliphatic heterocycles. The zero-order valence-corrected chi connectivity index (χ0v) is 10.3. The van der Waals surface area contributed by atoms with Gasteiger partial charge in [-0.05, 0) is 12.5 Å². The molecule has 0 radical (unpaired) electrons. The van der Waals surface area contributed by atoms with Gasteiger partial charge >= 0.3 is 0 Å². The van der Waals surface area contributed by atoms with Crippen molar-refractivity contribution < 1.29 is 14.7 Å². The molecule has 4 N–H and O–H groups in total. The second-order valence-corrected chi connectivity index (χ2v) is 3.78. The summed E-state index contributed by atoms with van der Waals surface area (Å²) in [5.74, 6) is -0.408. The van der Waals surface area contributed by atoms with Crippen LogP contribution in [-0.2, 0) is 9.53 Å². The Balaban J connectivity index is 2.75. The number of hydrogen-bond donors (Lipinski definition) is 3. The molecule has 1 amide bonds. The zero-order valence-electron chi connectivity index (χ0n) is 10.3. The lowest BCUT2D eigenvalue weighted by Gasteiger charge is -2.18. The minimum atomic E-state index is -0.722. The molecule has 0 bridgehead atoms. The van der Waals surface area contributed by atoms with Gasteiger partial charge in [0, 0.05) is 7.11 Å². The Hall–Kier alpha value is -2.08. The number of nitrogens with one attached hydrogen (secondary N) is 1. The number of nitrogens with zero attached hydrogens (tertiary/aromatic N) is 1. The average molecular weight is 251 g/mol. The van der Waals surface area contributed by atoms with E-state index in [0.717, 1.165) is 5.56 Å². The van der Waals surface area contributed by atoms with Gasteiger partial charge in [0.2, 0.25) is 0 Å². The van der Waals surface area contributed by atoms with Crippen LogP contribution in [0.15, 0.2) is 35.5 Å². The smallest absolute Gasteiger partial charge is 0.254 e.